The van der Waals surface area contributed by atoms with E-state index in [9.17, 15) is 10.1 Å². The van der Waals surface area contributed by atoms with Gasteiger partial charge in [0.1, 0.15) is 5.69 Å². The van der Waals surface area contributed by atoms with Crippen molar-refractivity contribution < 1.29 is 9.66 Å². The number of nitro groups is 1. The quantitative estimate of drug-likeness (QED) is 0.634. The van der Waals surface area contributed by atoms with Gasteiger partial charge in [-0.25, -0.2) is 4.68 Å². The molecule has 1 aromatic heterocycles. The van der Waals surface area contributed by atoms with Gasteiger partial charge < -0.3 is 10.1 Å². The molecule has 8 heteroatoms. The molecule has 2 rings (SSSR count). The molecule has 1 fully saturated rings. The zero-order valence-corrected chi connectivity index (χ0v) is 12.1. The average molecular weight is 283 g/mol. The van der Waals surface area contributed by atoms with E-state index in [0.29, 0.717) is 18.1 Å². The topological polar surface area (TPSA) is 85.5 Å². The second kappa shape index (κ2) is 6.19. The minimum Gasteiger partial charge on any atom is -0.379 e. The van der Waals surface area contributed by atoms with E-state index >= 15 is 0 Å². The van der Waals surface area contributed by atoms with Crippen molar-refractivity contribution in [3.8, 4) is 0 Å². The summed E-state index contributed by atoms with van der Waals surface area (Å²) in [5.74, 6) is 0.465. The van der Waals surface area contributed by atoms with E-state index in [2.05, 4.69) is 22.2 Å². The second-order valence-corrected chi connectivity index (χ2v) is 5.04. The largest absolute Gasteiger partial charge is 0.379 e. The molecule has 0 aliphatic carbocycles. The van der Waals surface area contributed by atoms with Crippen LogP contribution < -0.4 is 5.32 Å². The third-order valence-electron chi connectivity index (χ3n) is 3.61. The fourth-order valence-electron chi connectivity index (χ4n) is 2.46. The van der Waals surface area contributed by atoms with Gasteiger partial charge in [0.15, 0.2) is 0 Å². The van der Waals surface area contributed by atoms with E-state index in [4.69, 9.17) is 4.74 Å². The highest BCUT2D eigenvalue weighted by Crippen LogP contribution is 2.27. The average Bonchev–Trinajstić information content (AvgIpc) is 2.71. The molecule has 0 saturated carbocycles. The van der Waals surface area contributed by atoms with Gasteiger partial charge in [0.25, 0.3) is 0 Å². The normalized spacial score (nSPS) is 17.9. The maximum Gasteiger partial charge on any atom is 0.333 e. The van der Waals surface area contributed by atoms with Gasteiger partial charge in [-0.05, 0) is 13.8 Å². The predicted molar refractivity (Wildman–Crippen MR) is 74.9 cm³/mol. The van der Waals surface area contributed by atoms with E-state index in [1.54, 1.807) is 14.0 Å². The lowest BCUT2D eigenvalue weighted by Gasteiger charge is -2.32. The number of rotatable bonds is 5. The Morgan fingerprint density at radius 2 is 2.15 bits per heavy atom. The number of ether oxygens (including phenoxy) is 1. The van der Waals surface area contributed by atoms with Crippen LogP contribution in [-0.4, -0.2) is 58.5 Å². The minimum absolute atomic E-state index is 0.0571. The van der Waals surface area contributed by atoms with E-state index in [0.717, 1.165) is 26.3 Å². The van der Waals surface area contributed by atoms with Gasteiger partial charge in [0.2, 0.25) is 5.82 Å². The molecule has 0 bridgehead atoms. The zero-order chi connectivity index (χ0) is 14.7. The van der Waals surface area contributed by atoms with Crippen LogP contribution in [0.2, 0.25) is 0 Å². The lowest BCUT2D eigenvalue weighted by molar-refractivity contribution is -0.384. The molecule has 20 heavy (non-hydrogen) atoms. The first-order valence-electron chi connectivity index (χ1n) is 6.74. The Hall–Kier alpha value is -1.67. The van der Waals surface area contributed by atoms with Gasteiger partial charge in [-0.2, -0.15) is 5.10 Å². The molecule has 112 valence electrons. The molecule has 1 atom stereocenters. The molecule has 1 aliphatic rings. The summed E-state index contributed by atoms with van der Waals surface area (Å²) in [6.07, 6.45) is 0. The fraction of sp³-hybridized carbons (Fsp3) is 0.750. The molecule has 2 heterocycles. The van der Waals surface area contributed by atoms with Crippen molar-refractivity contribution in [2.75, 3.05) is 38.2 Å². The molecule has 8 nitrogen and oxygen atoms in total. The smallest absolute Gasteiger partial charge is 0.333 e. The fourth-order valence-corrected chi connectivity index (χ4v) is 2.46. The number of morpholine rings is 1. The summed E-state index contributed by atoms with van der Waals surface area (Å²) < 4.78 is 6.85. The first-order chi connectivity index (χ1) is 9.50. The van der Waals surface area contributed by atoms with E-state index in [1.807, 2.05) is 0 Å². The molecule has 0 spiro atoms. The van der Waals surface area contributed by atoms with Crippen LogP contribution in [0.1, 0.15) is 12.6 Å². The maximum atomic E-state index is 11.1. The third kappa shape index (κ3) is 3.07. The lowest BCUT2D eigenvalue weighted by atomic mass is 10.2. The SMILES string of the molecule is Cc1nn(C)c(NC[C@H](C)N2CCOCC2)c1[N+](=O)[O-]. The molecule has 1 aromatic rings. The van der Waals surface area contributed by atoms with Crippen LogP contribution in [0.25, 0.3) is 0 Å². The van der Waals surface area contributed by atoms with Crippen LogP contribution in [-0.2, 0) is 11.8 Å². The standard InChI is InChI=1S/C12H21N5O3/c1-9(16-4-6-20-7-5-16)8-13-12-11(17(18)19)10(2)14-15(12)3/h9,13H,4-8H2,1-3H3/t9-/m0/s1. The number of anilines is 1. The van der Waals surface area contributed by atoms with Gasteiger partial charge in [-0.3, -0.25) is 15.0 Å². The van der Waals surface area contributed by atoms with Crippen LogP contribution in [0.15, 0.2) is 0 Å². The molecule has 1 saturated heterocycles. The Kier molecular flexibility index (Phi) is 4.56. The summed E-state index contributed by atoms with van der Waals surface area (Å²) >= 11 is 0. The summed E-state index contributed by atoms with van der Waals surface area (Å²) in [7, 11) is 1.71. The van der Waals surface area contributed by atoms with Crippen molar-refractivity contribution in [3.63, 3.8) is 0 Å². The van der Waals surface area contributed by atoms with Crippen LogP contribution in [0.3, 0.4) is 0 Å². The molecule has 0 amide bonds. The summed E-state index contributed by atoms with van der Waals surface area (Å²) in [5, 5.41) is 18.3. The van der Waals surface area contributed by atoms with Crippen LogP contribution in [0.4, 0.5) is 11.5 Å². The number of nitrogens with one attached hydrogen (secondary N) is 1. The highest BCUT2D eigenvalue weighted by atomic mass is 16.6. The first-order valence-corrected chi connectivity index (χ1v) is 6.74. The van der Waals surface area contributed by atoms with Crippen molar-refractivity contribution in [2.24, 2.45) is 7.05 Å². The van der Waals surface area contributed by atoms with Crippen LogP contribution in [0.5, 0.6) is 0 Å². The van der Waals surface area contributed by atoms with Crippen LogP contribution in [0, 0.1) is 17.0 Å². The molecular weight excluding hydrogens is 262 g/mol. The monoisotopic (exact) mass is 283 g/mol. The van der Waals surface area contributed by atoms with Crippen molar-refractivity contribution in [1.29, 1.82) is 0 Å². The van der Waals surface area contributed by atoms with Gasteiger partial charge in [0.05, 0.1) is 18.1 Å². The Balaban J connectivity index is 2.01. The van der Waals surface area contributed by atoms with Crippen molar-refractivity contribution in [3.05, 3.63) is 15.8 Å². The lowest BCUT2D eigenvalue weighted by Crippen LogP contribution is -2.45. The number of aryl methyl sites for hydroxylation is 2. The Morgan fingerprint density at radius 3 is 2.75 bits per heavy atom. The van der Waals surface area contributed by atoms with E-state index in [-0.39, 0.29) is 16.7 Å². The number of hydrogen-bond donors (Lipinski definition) is 1. The summed E-state index contributed by atoms with van der Waals surface area (Å²) in [6, 6.07) is 0.286. The molecule has 1 aliphatic heterocycles. The maximum absolute atomic E-state index is 11.1. The van der Waals surface area contributed by atoms with Crippen LogP contribution >= 0.6 is 0 Å². The van der Waals surface area contributed by atoms with Gasteiger partial charge in [-0.15, -0.1) is 0 Å². The van der Waals surface area contributed by atoms with Crippen molar-refractivity contribution in [1.82, 2.24) is 14.7 Å². The Morgan fingerprint density at radius 1 is 1.50 bits per heavy atom. The summed E-state index contributed by atoms with van der Waals surface area (Å²) in [4.78, 5) is 13.0. The van der Waals surface area contributed by atoms with Gasteiger partial charge in [-0.1, -0.05) is 0 Å². The third-order valence-corrected chi connectivity index (χ3v) is 3.61. The molecule has 0 radical (unpaired) electrons. The van der Waals surface area contributed by atoms with Crippen molar-refractivity contribution >= 4 is 11.5 Å². The van der Waals surface area contributed by atoms with Crippen molar-refractivity contribution in [2.45, 2.75) is 19.9 Å². The predicted octanol–water partition coefficient (Wildman–Crippen LogP) is 0.769. The number of nitrogens with zero attached hydrogens (tertiary/aromatic N) is 4. The highest BCUT2D eigenvalue weighted by molar-refractivity contribution is 5.59. The van der Waals surface area contributed by atoms with E-state index < -0.39 is 0 Å². The summed E-state index contributed by atoms with van der Waals surface area (Å²) in [5.41, 5.74) is 0.487. The number of hydrogen-bond acceptors (Lipinski definition) is 6. The minimum atomic E-state index is -0.385. The molecule has 0 unspecified atom stereocenters. The summed E-state index contributed by atoms with van der Waals surface area (Å²) in [6.45, 7) is 7.68. The van der Waals surface area contributed by atoms with Gasteiger partial charge >= 0.3 is 5.69 Å². The molecular formula is C12H21N5O3. The van der Waals surface area contributed by atoms with E-state index in [1.165, 1.54) is 4.68 Å². The Bertz CT molecular complexity index is 482. The highest BCUT2D eigenvalue weighted by Gasteiger charge is 2.25. The second-order valence-electron chi connectivity index (χ2n) is 5.04. The van der Waals surface area contributed by atoms with Gasteiger partial charge in [0, 0.05) is 32.7 Å². The molecule has 0 aromatic carbocycles. The number of aromatic nitrogens is 2. The first kappa shape index (κ1) is 14.7. The Labute approximate surface area is 117 Å². The zero-order valence-electron chi connectivity index (χ0n) is 12.1. The molecule has 1 N–H and O–H groups in total.